The molecule has 1 unspecified atom stereocenters. The Bertz CT molecular complexity index is 276. The second-order valence-electron chi connectivity index (χ2n) is 5.39. The number of likely N-dealkylation sites (tertiary alicyclic amines) is 1. The van der Waals surface area contributed by atoms with Crippen LogP contribution in [0.3, 0.4) is 0 Å². The Morgan fingerprint density at radius 2 is 2.11 bits per heavy atom. The molecule has 0 aliphatic carbocycles. The van der Waals surface area contributed by atoms with Gasteiger partial charge < -0.3 is 15.4 Å². The fraction of sp³-hybridized carbons (Fsp3) is 0.923. The summed E-state index contributed by atoms with van der Waals surface area (Å²) in [4.78, 5) is 9.13. The Hall–Kier alpha value is -0.810. The van der Waals surface area contributed by atoms with Crippen molar-refractivity contribution in [1.29, 1.82) is 0 Å². The molecule has 0 spiro atoms. The minimum absolute atomic E-state index is 0.731. The van der Waals surface area contributed by atoms with Gasteiger partial charge in [-0.15, -0.1) is 0 Å². The molecule has 0 amide bonds. The molecule has 18 heavy (non-hydrogen) atoms. The molecule has 2 fully saturated rings. The number of nitrogens with two attached hydrogens (primary N) is 1. The predicted molar refractivity (Wildman–Crippen MR) is 73.7 cm³/mol. The van der Waals surface area contributed by atoms with Crippen molar-refractivity contribution in [2.45, 2.75) is 19.8 Å². The Kier molecular flexibility index (Phi) is 5.26. The lowest BCUT2D eigenvalue weighted by Crippen LogP contribution is -2.44. The summed E-state index contributed by atoms with van der Waals surface area (Å²) in [6.07, 6.45) is 2.55. The standard InChI is InChI=1S/C13H26N4O/c1-12-3-2-5-17(11-12)13(14)15-4-6-16-7-9-18-10-8-16/h12H,2-11H2,1H3,(H2,14,15). The van der Waals surface area contributed by atoms with Crippen LogP contribution in [-0.2, 0) is 4.74 Å². The van der Waals surface area contributed by atoms with E-state index in [-0.39, 0.29) is 0 Å². The van der Waals surface area contributed by atoms with Crippen LogP contribution in [0.2, 0.25) is 0 Å². The van der Waals surface area contributed by atoms with E-state index in [1.165, 1.54) is 12.8 Å². The second-order valence-corrected chi connectivity index (χ2v) is 5.39. The molecule has 5 heteroatoms. The lowest BCUT2D eigenvalue weighted by molar-refractivity contribution is 0.0394. The summed E-state index contributed by atoms with van der Waals surface area (Å²) in [5.41, 5.74) is 6.06. The minimum Gasteiger partial charge on any atom is -0.379 e. The number of guanidine groups is 1. The van der Waals surface area contributed by atoms with Crippen LogP contribution in [0, 0.1) is 5.92 Å². The highest BCUT2D eigenvalue weighted by atomic mass is 16.5. The number of hydrogen-bond acceptors (Lipinski definition) is 3. The highest BCUT2D eigenvalue weighted by molar-refractivity contribution is 5.78. The number of rotatable bonds is 3. The van der Waals surface area contributed by atoms with E-state index in [9.17, 15) is 0 Å². The molecule has 2 rings (SSSR count). The Morgan fingerprint density at radius 1 is 1.33 bits per heavy atom. The van der Waals surface area contributed by atoms with Gasteiger partial charge in [-0.1, -0.05) is 6.92 Å². The predicted octanol–water partition coefficient (Wildman–Crippen LogP) is 0.365. The van der Waals surface area contributed by atoms with E-state index in [0.717, 1.165) is 64.4 Å². The van der Waals surface area contributed by atoms with Gasteiger partial charge in [0.15, 0.2) is 5.96 Å². The molecule has 0 aromatic carbocycles. The number of nitrogens with zero attached hydrogens (tertiary/aromatic N) is 3. The van der Waals surface area contributed by atoms with Gasteiger partial charge in [-0.25, -0.2) is 0 Å². The lowest BCUT2D eigenvalue weighted by atomic mass is 10.0. The van der Waals surface area contributed by atoms with Gasteiger partial charge in [0, 0.05) is 32.7 Å². The number of hydrogen-bond donors (Lipinski definition) is 1. The Morgan fingerprint density at radius 3 is 2.83 bits per heavy atom. The number of morpholine rings is 1. The first-order valence-corrected chi connectivity index (χ1v) is 7.10. The summed E-state index contributed by atoms with van der Waals surface area (Å²) < 4.78 is 5.32. The molecule has 2 aliphatic rings. The van der Waals surface area contributed by atoms with Crippen molar-refractivity contribution in [1.82, 2.24) is 9.80 Å². The van der Waals surface area contributed by atoms with Crippen LogP contribution in [0.15, 0.2) is 4.99 Å². The Labute approximate surface area is 110 Å². The summed E-state index contributed by atoms with van der Waals surface area (Å²) in [6.45, 7) is 9.96. The van der Waals surface area contributed by atoms with E-state index in [2.05, 4.69) is 21.7 Å². The summed E-state index contributed by atoms with van der Waals surface area (Å²) in [5, 5.41) is 0. The van der Waals surface area contributed by atoms with Gasteiger partial charge in [0.25, 0.3) is 0 Å². The van der Waals surface area contributed by atoms with Crippen LogP contribution in [0.5, 0.6) is 0 Å². The van der Waals surface area contributed by atoms with E-state index in [0.29, 0.717) is 0 Å². The normalized spacial score (nSPS) is 27.5. The summed E-state index contributed by atoms with van der Waals surface area (Å²) >= 11 is 0. The smallest absolute Gasteiger partial charge is 0.191 e. The van der Waals surface area contributed by atoms with Crippen LogP contribution in [-0.4, -0.2) is 68.2 Å². The third kappa shape index (κ3) is 4.14. The van der Waals surface area contributed by atoms with Crippen LogP contribution >= 0.6 is 0 Å². The topological polar surface area (TPSA) is 54.1 Å². The molecule has 0 bridgehead atoms. The van der Waals surface area contributed by atoms with Crippen molar-refractivity contribution in [3.63, 3.8) is 0 Å². The van der Waals surface area contributed by atoms with Crippen LogP contribution in [0.1, 0.15) is 19.8 Å². The number of aliphatic imine (C=N–C) groups is 1. The molecule has 2 N–H and O–H groups in total. The van der Waals surface area contributed by atoms with Crippen molar-refractivity contribution in [3.8, 4) is 0 Å². The maximum atomic E-state index is 6.06. The average Bonchev–Trinajstić information content (AvgIpc) is 2.40. The van der Waals surface area contributed by atoms with Crippen molar-refractivity contribution < 1.29 is 4.74 Å². The molecule has 2 saturated heterocycles. The fourth-order valence-corrected chi connectivity index (χ4v) is 2.63. The van der Waals surface area contributed by atoms with E-state index in [1.807, 2.05) is 0 Å². The zero-order valence-corrected chi connectivity index (χ0v) is 11.5. The van der Waals surface area contributed by atoms with E-state index in [4.69, 9.17) is 10.5 Å². The molecule has 5 nitrogen and oxygen atoms in total. The molecule has 0 aromatic heterocycles. The average molecular weight is 254 g/mol. The SMILES string of the molecule is CC1CCCN(C(N)=NCCN2CCOCC2)C1. The zero-order valence-electron chi connectivity index (χ0n) is 11.5. The molecular weight excluding hydrogens is 228 g/mol. The number of ether oxygens (including phenoxy) is 1. The monoisotopic (exact) mass is 254 g/mol. The molecule has 2 aliphatic heterocycles. The lowest BCUT2D eigenvalue weighted by Gasteiger charge is -2.32. The first-order valence-electron chi connectivity index (χ1n) is 7.10. The molecular formula is C13H26N4O. The highest BCUT2D eigenvalue weighted by Crippen LogP contribution is 2.14. The molecule has 2 heterocycles. The molecule has 0 aromatic rings. The van der Waals surface area contributed by atoms with Gasteiger partial charge >= 0.3 is 0 Å². The first kappa shape index (κ1) is 13.6. The molecule has 0 saturated carbocycles. The number of piperidine rings is 1. The molecule has 1 atom stereocenters. The first-order chi connectivity index (χ1) is 8.75. The van der Waals surface area contributed by atoms with Gasteiger partial charge in [-0.05, 0) is 18.8 Å². The highest BCUT2D eigenvalue weighted by Gasteiger charge is 2.17. The summed E-state index contributed by atoms with van der Waals surface area (Å²) in [5.74, 6) is 1.47. The quantitative estimate of drug-likeness (QED) is 0.584. The van der Waals surface area contributed by atoms with Crippen LogP contribution < -0.4 is 5.73 Å². The fourth-order valence-electron chi connectivity index (χ4n) is 2.63. The molecule has 104 valence electrons. The largest absolute Gasteiger partial charge is 0.379 e. The summed E-state index contributed by atoms with van der Waals surface area (Å²) in [6, 6.07) is 0. The molecule has 0 radical (unpaired) electrons. The van der Waals surface area contributed by atoms with Crippen LogP contribution in [0.25, 0.3) is 0 Å². The third-order valence-corrected chi connectivity index (χ3v) is 3.77. The van der Waals surface area contributed by atoms with Gasteiger partial charge in [0.05, 0.1) is 19.8 Å². The van der Waals surface area contributed by atoms with E-state index < -0.39 is 0 Å². The Balaban J connectivity index is 1.70. The van der Waals surface area contributed by atoms with E-state index >= 15 is 0 Å². The van der Waals surface area contributed by atoms with Crippen molar-refractivity contribution >= 4 is 5.96 Å². The van der Waals surface area contributed by atoms with E-state index in [1.54, 1.807) is 0 Å². The van der Waals surface area contributed by atoms with Gasteiger partial charge in [-0.3, -0.25) is 9.89 Å². The third-order valence-electron chi connectivity index (χ3n) is 3.77. The van der Waals surface area contributed by atoms with Crippen molar-refractivity contribution in [2.75, 3.05) is 52.5 Å². The van der Waals surface area contributed by atoms with Crippen LogP contribution in [0.4, 0.5) is 0 Å². The summed E-state index contributed by atoms with van der Waals surface area (Å²) in [7, 11) is 0. The van der Waals surface area contributed by atoms with Gasteiger partial charge in [0.1, 0.15) is 0 Å². The van der Waals surface area contributed by atoms with Crippen molar-refractivity contribution in [2.24, 2.45) is 16.6 Å². The zero-order chi connectivity index (χ0) is 12.8. The van der Waals surface area contributed by atoms with Gasteiger partial charge in [-0.2, -0.15) is 0 Å². The maximum Gasteiger partial charge on any atom is 0.191 e. The van der Waals surface area contributed by atoms with Gasteiger partial charge in [0.2, 0.25) is 0 Å². The second kappa shape index (κ2) is 6.95. The van der Waals surface area contributed by atoms with Crippen molar-refractivity contribution in [3.05, 3.63) is 0 Å². The minimum atomic E-state index is 0.731. The maximum absolute atomic E-state index is 6.06.